The minimum Gasteiger partial charge on any atom is -0.390 e. The maximum atomic E-state index is 9.69. The number of aliphatic hydroxyl groups is 1. The number of hydrogen-bond acceptors (Lipinski definition) is 1. The number of nitrogens with one attached hydrogen (secondary N) is 1. The Kier molecular flexibility index (Phi) is 2.08. The van der Waals surface area contributed by atoms with Gasteiger partial charge < -0.3 is 10.1 Å². The normalized spacial score (nSPS) is 12.2. The zero-order chi connectivity index (χ0) is 10.2. The number of benzene rings is 1. The number of hydrogen-bond donors (Lipinski definition) is 2. The van der Waals surface area contributed by atoms with E-state index >= 15 is 0 Å². The lowest BCUT2D eigenvalue weighted by Crippen LogP contribution is -2.21. The van der Waals surface area contributed by atoms with Crippen LogP contribution in [0.15, 0.2) is 30.5 Å². The monoisotopic (exact) mass is 189 g/mol. The molecule has 0 saturated carbocycles. The molecule has 14 heavy (non-hydrogen) atoms. The fourth-order valence-corrected chi connectivity index (χ4v) is 1.71. The highest BCUT2D eigenvalue weighted by molar-refractivity contribution is 5.79. The molecule has 0 bridgehead atoms. The van der Waals surface area contributed by atoms with E-state index in [4.69, 9.17) is 0 Å². The van der Waals surface area contributed by atoms with Gasteiger partial charge in [-0.05, 0) is 43.0 Å². The van der Waals surface area contributed by atoms with Crippen LogP contribution in [0.1, 0.15) is 19.4 Å². The topological polar surface area (TPSA) is 36.0 Å². The lowest BCUT2D eigenvalue weighted by Gasteiger charge is -2.16. The summed E-state index contributed by atoms with van der Waals surface area (Å²) in [7, 11) is 0. The van der Waals surface area contributed by atoms with Gasteiger partial charge in [0.25, 0.3) is 0 Å². The number of aromatic nitrogens is 1. The highest BCUT2D eigenvalue weighted by Gasteiger charge is 2.13. The molecule has 0 aliphatic heterocycles. The molecule has 1 aromatic heterocycles. The summed E-state index contributed by atoms with van der Waals surface area (Å²) < 4.78 is 0. The van der Waals surface area contributed by atoms with Gasteiger partial charge in [0.2, 0.25) is 0 Å². The molecule has 0 atom stereocenters. The van der Waals surface area contributed by atoms with Crippen molar-refractivity contribution < 1.29 is 5.11 Å². The summed E-state index contributed by atoms with van der Waals surface area (Å²) in [6.45, 7) is 3.66. The summed E-state index contributed by atoms with van der Waals surface area (Å²) in [5, 5.41) is 10.9. The quantitative estimate of drug-likeness (QED) is 0.748. The summed E-state index contributed by atoms with van der Waals surface area (Å²) in [6, 6.07) is 8.26. The molecule has 0 spiro atoms. The fraction of sp³-hybridized carbons (Fsp3) is 0.333. The van der Waals surface area contributed by atoms with Crippen molar-refractivity contribution in [1.29, 1.82) is 0 Å². The van der Waals surface area contributed by atoms with Crippen LogP contribution in [-0.4, -0.2) is 15.7 Å². The first-order valence-electron chi connectivity index (χ1n) is 4.83. The second-order valence-electron chi connectivity index (χ2n) is 4.39. The number of fused-ring (bicyclic) bond motifs is 1. The van der Waals surface area contributed by atoms with Crippen LogP contribution in [-0.2, 0) is 6.42 Å². The van der Waals surface area contributed by atoms with E-state index in [0.717, 1.165) is 5.52 Å². The van der Waals surface area contributed by atoms with E-state index < -0.39 is 5.60 Å². The zero-order valence-corrected chi connectivity index (χ0v) is 8.54. The molecule has 0 unspecified atom stereocenters. The number of rotatable bonds is 2. The second-order valence-corrected chi connectivity index (χ2v) is 4.39. The van der Waals surface area contributed by atoms with Crippen LogP contribution in [0.3, 0.4) is 0 Å². The molecule has 0 radical (unpaired) electrons. The first-order chi connectivity index (χ1) is 6.54. The number of aromatic amines is 1. The minimum absolute atomic E-state index is 0.635. The van der Waals surface area contributed by atoms with Gasteiger partial charge in [0.1, 0.15) is 0 Å². The lowest BCUT2D eigenvalue weighted by atomic mass is 9.98. The molecule has 2 nitrogen and oxygen atoms in total. The van der Waals surface area contributed by atoms with Gasteiger partial charge in [0.05, 0.1) is 5.60 Å². The van der Waals surface area contributed by atoms with Crippen LogP contribution in [0.2, 0.25) is 0 Å². The molecule has 0 amide bonds. The Hall–Kier alpha value is -1.28. The van der Waals surface area contributed by atoms with Crippen LogP contribution < -0.4 is 0 Å². The van der Waals surface area contributed by atoms with Crippen molar-refractivity contribution in [2.24, 2.45) is 0 Å². The molecule has 0 saturated heterocycles. The predicted octanol–water partition coefficient (Wildman–Crippen LogP) is 2.48. The average molecular weight is 189 g/mol. The van der Waals surface area contributed by atoms with E-state index in [1.54, 1.807) is 0 Å². The van der Waals surface area contributed by atoms with Crippen molar-refractivity contribution in [3.8, 4) is 0 Å². The lowest BCUT2D eigenvalue weighted by molar-refractivity contribution is 0.0810. The summed E-state index contributed by atoms with van der Waals surface area (Å²) >= 11 is 0. The van der Waals surface area contributed by atoms with Gasteiger partial charge in [0.15, 0.2) is 0 Å². The van der Waals surface area contributed by atoms with Crippen molar-refractivity contribution in [3.63, 3.8) is 0 Å². The van der Waals surface area contributed by atoms with Gasteiger partial charge in [-0.2, -0.15) is 0 Å². The molecule has 2 aromatic rings. The van der Waals surface area contributed by atoms with Crippen molar-refractivity contribution in [2.45, 2.75) is 25.9 Å². The molecule has 1 aromatic carbocycles. The predicted molar refractivity (Wildman–Crippen MR) is 58.3 cm³/mol. The Morgan fingerprint density at radius 3 is 2.79 bits per heavy atom. The van der Waals surface area contributed by atoms with Gasteiger partial charge in [-0.3, -0.25) is 0 Å². The van der Waals surface area contributed by atoms with Crippen LogP contribution >= 0.6 is 0 Å². The van der Waals surface area contributed by atoms with Crippen molar-refractivity contribution in [3.05, 3.63) is 36.0 Å². The largest absolute Gasteiger partial charge is 0.390 e. The van der Waals surface area contributed by atoms with E-state index in [0.29, 0.717) is 6.42 Å². The Labute approximate surface area is 83.6 Å². The van der Waals surface area contributed by atoms with E-state index in [9.17, 15) is 5.11 Å². The van der Waals surface area contributed by atoms with Gasteiger partial charge in [-0.25, -0.2) is 0 Å². The van der Waals surface area contributed by atoms with Gasteiger partial charge in [-0.1, -0.05) is 6.07 Å². The Morgan fingerprint density at radius 2 is 2.07 bits per heavy atom. The number of H-pyrrole nitrogens is 1. The van der Waals surface area contributed by atoms with Crippen molar-refractivity contribution in [1.82, 2.24) is 4.98 Å². The van der Waals surface area contributed by atoms with Gasteiger partial charge >= 0.3 is 0 Å². The second kappa shape index (κ2) is 3.14. The van der Waals surface area contributed by atoms with E-state index in [1.807, 2.05) is 26.1 Å². The van der Waals surface area contributed by atoms with Crippen LogP contribution in [0.4, 0.5) is 0 Å². The fourth-order valence-electron chi connectivity index (χ4n) is 1.71. The Morgan fingerprint density at radius 1 is 1.29 bits per heavy atom. The summed E-state index contributed by atoms with van der Waals surface area (Å²) in [5.41, 5.74) is 1.68. The van der Waals surface area contributed by atoms with Crippen LogP contribution in [0, 0.1) is 0 Å². The molecule has 0 aliphatic rings. The third-order valence-electron chi connectivity index (χ3n) is 2.25. The maximum absolute atomic E-state index is 9.69. The Bertz CT molecular complexity index is 437. The van der Waals surface area contributed by atoms with Crippen molar-refractivity contribution in [2.75, 3.05) is 0 Å². The zero-order valence-electron chi connectivity index (χ0n) is 8.54. The molecule has 2 N–H and O–H groups in total. The molecular weight excluding hydrogens is 174 g/mol. The van der Waals surface area contributed by atoms with E-state index in [1.165, 1.54) is 10.9 Å². The molecule has 0 fully saturated rings. The van der Waals surface area contributed by atoms with Crippen molar-refractivity contribution >= 4 is 10.9 Å². The van der Waals surface area contributed by atoms with E-state index in [-0.39, 0.29) is 0 Å². The first kappa shape index (κ1) is 9.28. The molecule has 2 rings (SSSR count). The molecular formula is C12H15NO. The average Bonchev–Trinajstić information content (AvgIpc) is 2.47. The van der Waals surface area contributed by atoms with Crippen LogP contribution in [0.25, 0.3) is 10.9 Å². The van der Waals surface area contributed by atoms with E-state index in [2.05, 4.69) is 23.2 Å². The van der Waals surface area contributed by atoms with Crippen LogP contribution in [0.5, 0.6) is 0 Å². The third-order valence-corrected chi connectivity index (χ3v) is 2.25. The molecule has 0 aliphatic carbocycles. The highest BCUT2D eigenvalue weighted by atomic mass is 16.3. The standard InChI is InChI=1S/C12H15NO/c1-12(2,14)8-9-3-4-11-10(7-9)5-6-13-11/h3-7,13-14H,8H2,1-2H3. The smallest absolute Gasteiger partial charge is 0.0631 e. The molecule has 74 valence electrons. The summed E-state index contributed by atoms with van der Waals surface area (Å²) in [6.07, 6.45) is 2.62. The van der Waals surface area contributed by atoms with Gasteiger partial charge in [0, 0.05) is 18.1 Å². The third kappa shape index (κ3) is 1.96. The van der Waals surface area contributed by atoms with Gasteiger partial charge in [-0.15, -0.1) is 0 Å². The Balaban J connectivity index is 2.35. The summed E-state index contributed by atoms with van der Waals surface area (Å²) in [4.78, 5) is 3.15. The maximum Gasteiger partial charge on any atom is 0.0631 e. The first-order valence-corrected chi connectivity index (χ1v) is 4.83. The minimum atomic E-state index is -0.635. The summed E-state index contributed by atoms with van der Waals surface area (Å²) in [5.74, 6) is 0. The molecule has 2 heteroatoms. The highest BCUT2D eigenvalue weighted by Crippen LogP contribution is 2.18. The SMILES string of the molecule is CC(C)(O)Cc1ccc2[nH]ccc2c1. The molecule has 1 heterocycles.